The van der Waals surface area contributed by atoms with Gasteiger partial charge in [0.2, 0.25) is 0 Å². The molecule has 1 atom stereocenters. The predicted molar refractivity (Wildman–Crippen MR) is 92.1 cm³/mol. The number of nitrogens with zero attached hydrogens (tertiary/aromatic N) is 3. The van der Waals surface area contributed by atoms with Crippen LogP contribution < -0.4 is 5.32 Å². The molecule has 2 aromatic heterocycles. The molecule has 0 radical (unpaired) electrons. The van der Waals surface area contributed by atoms with E-state index in [1.165, 1.54) is 12.8 Å². The second kappa shape index (κ2) is 6.26. The first-order chi connectivity index (χ1) is 11.7. The van der Waals surface area contributed by atoms with Crippen molar-refractivity contribution in [3.8, 4) is 0 Å². The van der Waals surface area contributed by atoms with Crippen molar-refractivity contribution in [3.63, 3.8) is 0 Å². The van der Waals surface area contributed by atoms with Gasteiger partial charge in [0.1, 0.15) is 5.82 Å². The van der Waals surface area contributed by atoms with E-state index < -0.39 is 0 Å². The van der Waals surface area contributed by atoms with Crippen molar-refractivity contribution in [1.29, 1.82) is 0 Å². The summed E-state index contributed by atoms with van der Waals surface area (Å²) in [5.41, 5.74) is 2.79. The topological polar surface area (TPSA) is 73.9 Å². The molecule has 3 heterocycles. The highest BCUT2D eigenvalue weighted by Crippen LogP contribution is 2.27. The highest BCUT2D eigenvalue weighted by atomic mass is 16.2. The Hall–Kier alpha value is -2.37. The number of hydrogen-bond donors (Lipinski definition) is 2. The lowest BCUT2D eigenvalue weighted by atomic mass is 9.94. The molecule has 1 aliphatic heterocycles. The first-order valence-corrected chi connectivity index (χ1v) is 8.73. The summed E-state index contributed by atoms with van der Waals surface area (Å²) in [6.07, 6.45) is 6.21. The van der Waals surface area contributed by atoms with Crippen LogP contribution in [-0.2, 0) is 0 Å². The maximum Gasteiger partial charge on any atom is 0.255 e. The smallest absolute Gasteiger partial charge is 0.255 e. The van der Waals surface area contributed by atoms with E-state index in [1.807, 2.05) is 24.0 Å². The molecule has 6 nitrogen and oxygen atoms in total. The van der Waals surface area contributed by atoms with Gasteiger partial charge in [-0.3, -0.25) is 9.89 Å². The highest BCUT2D eigenvalue weighted by molar-refractivity contribution is 5.94. The molecule has 0 bridgehead atoms. The van der Waals surface area contributed by atoms with Gasteiger partial charge in [-0.25, -0.2) is 4.98 Å². The number of amides is 1. The summed E-state index contributed by atoms with van der Waals surface area (Å²) in [6.45, 7) is 3.54. The summed E-state index contributed by atoms with van der Waals surface area (Å²) in [7, 11) is 0. The van der Waals surface area contributed by atoms with Gasteiger partial charge in [0.25, 0.3) is 5.91 Å². The fourth-order valence-electron chi connectivity index (χ4n) is 3.28. The van der Waals surface area contributed by atoms with Crippen LogP contribution in [0.4, 0.5) is 5.82 Å². The number of aromatic nitrogens is 3. The van der Waals surface area contributed by atoms with Gasteiger partial charge in [0.05, 0.1) is 11.3 Å². The molecule has 2 N–H and O–H groups in total. The number of aromatic amines is 1. The molecule has 1 saturated heterocycles. The number of rotatable bonds is 4. The molecule has 2 fully saturated rings. The molecule has 4 rings (SSSR count). The van der Waals surface area contributed by atoms with Crippen molar-refractivity contribution in [2.24, 2.45) is 0 Å². The largest absolute Gasteiger partial charge is 0.367 e. The second-order valence-corrected chi connectivity index (χ2v) is 6.92. The monoisotopic (exact) mass is 325 g/mol. The fraction of sp³-hybridized carbons (Fsp3) is 0.500. The van der Waals surface area contributed by atoms with Gasteiger partial charge in [-0.05, 0) is 50.8 Å². The van der Waals surface area contributed by atoms with E-state index in [9.17, 15) is 4.79 Å². The van der Waals surface area contributed by atoms with Crippen LogP contribution in [0.15, 0.2) is 24.4 Å². The Kier molecular flexibility index (Phi) is 3.96. The van der Waals surface area contributed by atoms with Crippen LogP contribution in [-0.4, -0.2) is 45.1 Å². The van der Waals surface area contributed by atoms with Crippen LogP contribution in [0.3, 0.4) is 0 Å². The van der Waals surface area contributed by atoms with E-state index in [-0.39, 0.29) is 5.91 Å². The van der Waals surface area contributed by atoms with Crippen LogP contribution in [0.2, 0.25) is 0 Å². The number of aryl methyl sites for hydroxylation is 1. The van der Waals surface area contributed by atoms with Crippen molar-refractivity contribution in [1.82, 2.24) is 20.1 Å². The zero-order chi connectivity index (χ0) is 16.5. The average Bonchev–Trinajstić information content (AvgIpc) is 3.32. The quantitative estimate of drug-likeness (QED) is 0.906. The van der Waals surface area contributed by atoms with E-state index in [4.69, 9.17) is 0 Å². The number of nitrogens with one attached hydrogen (secondary N) is 2. The van der Waals surface area contributed by atoms with Crippen LogP contribution in [0.1, 0.15) is 53.3 Å². The van der Waals surface area contributed by atoms with Gasteiger partial charge in [0, 0.05) is 36.9 Å². The van der Waals surface area contributed by atoms with Crippen molar-refractivity contribution >= 4 is 11.7 Å². The lowest BCUT2D eigenvalue weighted by Gasteiger charge is -2.32. The van der Waals surface area contributed by atoms with Gasteiger partial charge in [0.15, 0.2) is 0 Å². The summed E-state index contributed by atoms with van der Waals surface area (Å²) in [5.74, 6) is 1.24. The van der Waals surface area contributed by atoms with Gasteiger partial charge in [-0.2, -0.15) is 5.10 Å². The molecular weight excluding hydrogens is 302 g/mol. The molecule has 1 aliphatic carbocycles. The Bertz CT molecular complexity index is 719. The van der Waals surface area contributed by atoms with Crippen molar-refractivity contribution in [3.05, 3.63) is 41.3 Å². The summed E-state index contributed by atoms with van der Waals surface area (Å²) in [6, 6.07) is 6.43. The van der Waals surface area contributed by atoms with Crippen molar-refractivity contribution in [2.45, 2.75) is 44.6 Å². The van der Waals surface area contributed by atoms with Crippen molar-refractivity contribution in [2.75, 3.05) is 18.4 Å². The molecule has 1 saturated carbocycles. The van der Waals surface area contributed by atoms with Gasteiger partial charge < -0.3 is 10.2 Å². The number of hydrogen-bond acceptors (Lipinski definition) is 4. The van der Waals surface area contributed by atoms with E-state index in [2.05, 4.69) is 26.6 Å². The summed E-state index contributed by atoms with van der Waals surface area (Å²) >= 11 is 0. The lowest BCUT2D eigenvalue weighted by molar-refractivity contribution is 0.0705. The SMILES string of the molecule is Cc1cc([C@H]2CCCN(C(=O)c3ccc(NC4CC4)nc3)C2)n[nH]1. The van der Waals surface area contributed by atoms with E-state index in [0.29, 0.717) is 17.5 Å². The standard InChI is InChI=1S/C18H23N5O/c1-12-9-16(22-21-12)14-3-2-8-23(11-14)18(24)13-4-7-17(19-10-13)20-15-5-6-15/h4,7,9-10,14-15H,2-3,5-6,8,11H2,1H3,(H,19,20)(H,21,22)/t14-/m0/s1. The Morgan fingerprint density at radius 1 is 1.33 bits per heavy atom. The van der Waals surface area contributed by atoms with Crippen LogP contribution >= 0.6 is 0 Å². The van der Waals surface area contributed by atoms with Crippen LogP contribution in [0, 0.1) is 6.92 Å². The normalized spacial score (nSPS) is 20.9. The first kappa shape index (κ1) is 15.2. The summed E-state index contributed by atoms with van der Waals surface area (Å²) < 4.78 is 0. The Morgan fingerprint density at radius 2 is 2.21 bits per heavy atom. The first-order valence-electron chi connectivity index (χ1n) is 8.73. The predicted octanol–water partition coefficient (Wildman–Crippen LogP) is 2.71. The van der Waals surface area contributed by atoms with Crippen molar-refractivity contribution < 1.29 is 4.79 Å². The zero-order valence-electron chi connectivity index (χ0n) is 14.0. The highest BCUT2D eigenvalue weighted by Gasteiger charge is 2.27. The molecule has 0 aromatic carbocycles. The third-order valence-electron chi connectivity index (χ3n) is 4.79. The number of H-pyrrole nitrogens is 1. The molecule has 2 aromatic rings. The number of anilines is 1. The number of carbonyl (C=O) groups excluding carboxylic acids is 1. The molecule has 2 aliphatic rings. The Morgan fingerprint density at radius 3 is 2.88 bits per heavy atom. The Labute approximate surface area is 141 Å². The molecule has 126 valence electrons. The number of piperidine rings is 1. The zero-order valence-corrected chi connectivity index (χ0v) is 14.0. The van der Waals surface area contributed by atoms with E-state index in [0.717, 1.165) is 43.1 Å². The van der Waals surface area contributed by atoms with Crippen LogP contribution in [0.5, 0.6) is 0 Å². The lowest BCUT2D eigenvalue weighted by Crippen LogP contribution is -2.39. The minimum atomic E-state index is 0.0671. The average molecular weight is 325 g/mol. The molecule has 1 amide bonds. The number of likely N-dealkylation sites (tertiary alicyclic amines) is 1. The molecule has 6 heteroatoms. The molecule has 0 unspecified atom stereocenters. The maximum atomic E-state index is 12.8. The number of pyridine rings is 1. The van der Waals surface area contributed by atoms with E-state index in [1.54, 1.807) is 6.20 Å². The summed E-state index contributed by atoms with van der Waals surface area (Å²) in [4.78, 5) is 19.1. The summed E-state index contributed by atoms with van der Waals surface area (Å²) in [5, 5.41) is 10.7. The van der Waals surface area contributed by atoms with E-state index >= 15 is 0 Å². The fourth-order valence-corrected chi connectivity index (χ4v) is 3.28. The minimum Gasteiger partial charge on any atom is -0.367 e. The second-order valence-electron chi connectivity index (χ2n) is 6.92. The third-order valence-corrected chi connectivity index (χ3v) is 4.79. The number of carbonyl (C=O) groups is 1. The maximum absolute atomic E-state index is 12.8. The van der Waals surface area contributed by atoms with Gasteiger partial charge >= 0.3 is 0 Å². The Balaban J connectivity index is 1.43. The molecule has 0 spiro atoms. The molecular formula is C18H23N5O. The third kappa shape index (κ3) is 3.27. The van der Waals surface area contributed by atoms with Gasteiger partial charge in [-0.15, -0.1) is 0 Å². The van der Waals surface area contributed by atoms with Crippen LogP contribution in [0.25, 0.3) is 0 Å². The molecule has 24 heavy (non-hydrogen) atoms. The minimum absolute atomic E-state index is 0.0671. The van der Waals surface area contributed by atoms with Gasteiger partial charge in [-0.1, -0.05) is 0 Å².